The lowest BCUT2D eigenvalue weighted by Gasteiger charge is -2.40. The fraction of sp³-hybridized carbons (Fsp3) is 0.440. The van der Waals surface area contributed by atoms with Crippen molar-refractivity contribution in [2.45, 2.75) is 61.0 Å². The highest BCUT2D eigenvalue weighted by molar-refractivity contribution is 7.98. The molecule has 2 aliphatic carbocycles. The first kappa shape index (κ1) is 19.7. The summed E-state index contributed by atoms with van der Waals surface area (Å²) in [4.78, 5) is 6.17. The van der Waals surface area contributed by atoms with E-state index in [1.165, 1.54) is 12.8 Å². The lowest BCUT2D eigenvalue weighted by Crippen LogP contribution is -2.40. The minimum Gasteiger partial charge on any atom is -0.382 e. The van der Waals surface area contributed by atoms with Gasteiger partial charge in [-0.1, -0.05) is 36.4 Å². The minimum absolute atomic E-state index is 0.523. The van der Waals surface area contributed by atoms with E-state index in [1.807, 2.05) is 30.3 Å². The lowest BCUT2D eigenvalue weighted by atomic mass is 9.66. The first-order valence-corrected chi connectivity index (χ1v) is 12.0. The predicted molar refractivity (Wildman–Crippen MR) is 120 cm³/mol. The molecule has 0 unspecified atom stereocenters. The lowest BCUT2D eigenvalue weighted by molar-refractivity contribution is -0.0241. The maximum absolute atomic E-state index is 11.8. The molecule has 154 valence electrons. The van der Waals surface area contributed by atoms with Gasteiger partial charge < -0.3 is 9.67 Å². The molecule has 0 bridgehead atoms. The van der Waals surface area contributed by atoms with E-state index in [0.29, 0.717) is 31.6 Å². The molecule has 30 heavy (non-hydrogen) atoms. The summed E-state index contributed by atoms with van der Waals surface area (Å²) < 4.78 is 2.27. The van der Waals surface area contributed by atoms with Gasteiger partial charge in [-0.15, -0.1) is 11.8 Å². The van der Waals surface area contributed by atoms with Gasteiger partial charge in [-0.3, -0.25) is 0 Å². The Balaban J connectivity index is 1.53. The fourth-order valence-electron chi connectivity index (χ4n) is 4.92. The maximum Gasteiger partial charge on any atom is 0.142 e. The number of aliphatic hydroxyl groups is 1. The zero-order valence-electron chi connectivity index (χ0n) is 17.3. The highest BCUT2D eigenvalue weighted by atomic mass is 32.2. The third-order valence-electron chi connectivity index (χ3n) is 6.99. The highest BCUT2D eigenvalue weighted by Gasteiger charge is 2.46. The van der Waals surface area contributed by atoms with Crippen LogP contribution in [0.3, 0.4) is 0 Å². The van der Waals surface area contributed by atoms with Gasteiger partial charge in [-0.05, 0) is 68.4 Å². The number of fused-ring (bicyclic) bond motifs is 1. The molecule has 2 aliphatic rings. The Labute approximate surface area is 181 Å². The molecule has 5 heteroatoms. The second-order valence-corrected chi connectivity index (χ2v) is 9.76. The van der Waals surface area contributed by atoms with Crippen LogP contribution in [-0.4, -0.2) is 20.9 Å². The van der Waals surface area contributed by atoms with Crippen molar-refractivity contribution in [3.8, 4) is 6.07 Å². The van der Waals surface area contributed by atoms with Crippen LogP contribution < -0.4 is 0 Å². The van der Waals surface area contributed by atoms with Gasteiger partial charge in [-0.2, -0.15) is 5.26 Å². The molecule has 0 radical (unpaired) electrons. The van der Waals surface area contributed by atoms with Crippen LogP contribution in [0.4, 0.5) is 0 Å². The summed E-state index contributed by atoms with van der Waals surface area (Å²) in [5.74, 6) is 1.49. The van der Waals surface area contributed by atoms with Crippen molar-refractivity contribution >= 4 is 22.8 Å². The van der Waals surface area contributed by atoms with Crippen molar-refractivity contribution in [3.05, 3.63) is 59.9 Å². The van der Waals surface area contributed by atoms with Crippen LogP contribution in [0.25, 0.3) is 11.0 Å². The normalized spacial score (nSPS) is 26.6. The van der Waals surface area contributed by atoms with Gasteiger partial charge in [0.1, 0.15) is 16.9 Å². The van der Waals surface area contributed by atoms with Crippen LogP contribution >= 0.6 is 11.8 Å². The summed E-state index contributed by atoms with van der Waals surface area (Å²) in [6, 6.07) is 19.0. The van der Waals surface area contributed by atoms with E-state index in [0.717, 1.165) is 33.9 Å². The van der Waals surface area contributed by atoms with Crippen molar-refractivity contribution in [3.63, 3.8) is 0 Å². The van der Waals surface area contributed by atoms with E-state index >= 15 is 0 Å². The highest BCUT2D eigenvalue weighted by Crippen LogP contribution is 2.48. The Bertz CT molecular complexity index is 1100. The summed E-state index contributed by atoms with van der Waals surface area (Å²) in [5.41, 5.74) is 1.67. The Morgan fingerprint density at radius 1 is 1.10 bits per heavy atom. The molecule has 2 aromatic carbocycles. The molecule has 0 spiro atoms. The van der Waals surface area contributed by atoms with Crippen molar-refractivity contribution in [1.82, 2.24) is 9.55 Å². The van der Waals surface area contributed by atoms with Crippen LogP contribution in [0, 0.1) is 17.2 Å². The number of hydrogen-bond acceptors (Lipinski definition) is 4. The molecule has 1 N–H and O–H groups in total. The van der Waals surface area contributed by atoms with Crippen LogP contribution in [0.15, 0.2) is 53.4 Å². The Kier molecular flexibility index (Phi) is 4.88. The number of nitriles is 1. The van der Waals surface area contributed by atoms with Crippen LogP contribution in [0.5, 0.6) is 0 Å². The maximum atomic E-state index is 11.8. The zero-order chi connectivity index (χ0) is 20.8. The summed E-state index contributed by atoms with van der Waals surface area (Å²) in [7, 11) is 0. The molecule has 1 aromatic heterocycles. The zero-order valence-corrected chi connectivity index (χ0v) is 18.2. The SMILES string of the molecule is CSc1cccc2c1nc(C1(O)CCC(C#N)(c3ccccc3)CC1)n2CC1CC1. The van der Waals surface area contributed by atoms with Crippen LogP contribution in [-0.2, 0) is 17.6 Å². The molecule has 1 heterocycles. The van der Waals surface area contributed by atoms with Crippen LogP contribution in [0.1, 0.15) is 49.9 Å². The van der Waals surface area contributed by atoms with E-state index < -0.39 is 11.0 Å². The molecule has 0 amide bonds. The number of thioether (sulfide) groups is 1. The number of imidazole rings is 1. The van der Waals surface area contributed by atoms with E-state index in [-0.39, 0.29) is 0 Å². The molecule has 0 atom stereocenters. The summed E-state index contributed by atoms with van der Waals surface area (Å²) in [6.07, 6.45) is 6.98. The molecule has 0 aliphatic heterocycles. The second-order valence-electron chi connectivity index (χ2n) is 8.91. The third-order valence-corrected chi connectivity index (χ3v) is 7.76. The van der Waals surface area contributed by atoms with Gasteiger partial charge in [-0.25, -0.2) is 4.98 Å². The van der Waals surface area contributed by atoms with E-state index in [9.17, 15) is 10.4 Å². The molecule has 2 fully saturated rings. The third kappa shape index (κ3) is 3.23. The second kappa shape index (κ2) is 7.44. The van der Waals surface area contributed by atoms with E-state index in [1.54, 1.807) is 11.8 Å². The molecular formula is C25H27N3OS. The van der Waals surface area contributed by atoms with E-state index in [4.69, 9.17) is 4.98 Å². The largest absolute Gasteiger partial charge is 0.382 e. The Morgan fingerprint density at radius 3 is 2.47 bits per heavy atom. The van der Waals surface area contributed by atoms with Gasteiger partial charge in [0, 0.05) is 11.4 Å². The number of rotatable bonds is 5. The summed E-state index contributed by atoms with van der Waals surface area (Å²) >= 11 is 1.70. The van der Waals surface area contributed by atoms with Gasteiger partial charge >= 0.3 is 0 Å². The predicted octanol–water partition coefficient (Wildman–Crippen LogP) is 5.39. The topological polar surface area (TPSA) is 61.8 Å². The average molecular weight is 418 g/mol. The molecular weight excluding hydrogens is 390 g/mol. The number of benzene rings is 2. The van der Waals surface area contributed by atoms with Crippen LogP contribution in [0.2, 0.25) is 0 Å². The van der Waals surface area contributed by atoms with Gasteiger partial charge in [0.15, 0.2) is 0 Å². The van der Waals surface area contributed by atoms with Gasteiger partial charge in [0.2, 0.25) is 0 Å². The summed E-state index contributed by atoms with van der Waals surface area (Å²) in [6.45, 7) is 0.925. The first-order chi connectivity index (χ1) is 14.6. The smallest absolute Gasteiger partial charge is 0.142 e. The van der Waals surface area contributed by atoms with Crippen molar-refractivity contribution in [2.75, 3.05) is 6.26 Å². The first-order valence-electron chi connectivity index (χ1n) is 10.8. The quantitative estimate of drug-likeness (QED) is 0.565. The molecule has 3 aromatic rings. The van der Waals surface area contributed by atoms with Crippen molar-refractivity contribution in [1.29, 1.82) is 5.26 Å². The molecule has 0 saturated heterocycles. The monoisotopic (exact) mass is 417 g/mol. The van der Waals surface area contributed by atoms with E-state index in [2.05, 4.69) is 35.1 Å². The number of nitrogens with zero attached hydrogens (tertiary/aromatic N) is 3. The van der Waals surface area contributed by atoms with Crippen molar-refractivity contribution in [2.24, 2.45) is 5.92 Å². The fourth-order valence-corrected chi connectivity index (χ4v) is 5.48. The standard InChI is InChI=1S/C25H27N3OS/c1-30-21-9-5-8-20-22(21)27-23(28(20)16-18-10-11-18)25(29)14-12-24(17-26,13-15-25)19-6-3-2-4-7-19/h2-9,18,29H,10-16H2,1H3. The van der Waals surface area contributed by atoms with Crippen molar-refractivity contribution < 1.29 is 5.11 Å². The van der Waals surface area contributed by atoms with Gasteiger partial charge in [0.25, 0.3) is 0 Å². The Hall–Kier alpha value is -2.29. The summed E-state index contributed by atoms with van der Waals surface area (Å²) in [5, 5.41) is 21.8. The molecule has 5 rings (SSSR count). The number of aromatic nitrogens is 2. The molecule has 2 saturated carbocycles. The molecule has 4 nitrogen and oxygen atoms in total. The Morgan fingerprint density at radius 2 is 1.83 bits per heavy atom. The minimum atomic E-state index is -0.987. The van der Waals surface area contributed by atoms with Gasteiger partial charge in [0.05, 0.1) is 17.0 Å². The number of hydrogen-bond donors (Lipinski definition) is 1. The number of para-hydroxylation sites is 1. The average Bonchev–Trinajstić information content (AvgIpc) is 3.54.